The zero-order chi connectivity index (χ0) is 14.7. The molecule has 0 amide bonds. The molecular formula is C14H12O6. The van der Waals surface area contributed by atoms with Gasteiger partial charge in [0.05, 0.1) is 0 Å². The first kappa shape index (κ1) is 13.7. The van der Waals surface area contributed by atoms with E-state index in [2.05, 4.69) is 0 Å². The Balaban J connectivity index is 2.38. The van der Waals surface area contributed by atoms with Crippen LogP contribution >= 0.6 is 0 Å². The minimum absolute atomic E-state index is 0.0287. The second kappa shape index (κ2) is 5.50. The van der Waals surface area contributed by atoms with Crippen molar-refractivity contribution >= 4 is 12.2 Å². The molecule has 1 heterocycles. The minimum Gasteiger partial charge on any atom is -0.504 e. The number of aromatic hydroxyl groups is 3. The fourth-order valence-electron chi connectivity index (χ4n) is 1.56. The lowest BCUT2D eigenvalue weighted by Gasteiger charge is -2.01. The smallest absolute Gasteiger partial charge is 0.227 e. The van der Waals surface area contributed by atoms with E-state index in [9.17, 15) is 20.1 Å². The number of phenols is 2. The molecule has 0 aliphatic carbocycles. The summed E-state index contributed by atoms with van der Waals surface area (Å²) in [5, 5.41) is 37.0. The highest BCUT2D eigenvalue weighted by atomic mass is 16.4. The molecular weight excluding hydrogens is 264 g/mol. The van der Waals surface area contributed by atoms with Crippen LogP contribution in [0.5, 0.6) is 17.2 Å². The summed E-state index contributed by atoms with van der Waals surface area (Å²) in [4.78, 5) is 11.4. The molecule has 0 unspecified atom stereocenters. The van der Waals surface area contributed by atoms with Crippen LogP contribution in [0.15, 0.2) is 33.5 Å². The molecule has 0 fully saturated rings. The Kier molecular flexibility index (Phi) is 3.76. The first-order valence-electron chi connectivity index (χ1n) is 5.68. The van der Waals surface area contributed by atoms with Crippen molar-refractivity contribution in [3.63, 3.8) is 0 Å². The Morgan fingerprint density at radius 2 is 1.80 bits per heavy atom. The van der Waals surface area contributed by atoms with E-state index in [1.54, 1.807) is 0 Å². The van der Waals surface area contributed by atoms with Crippen LogP contribution in [0.4, 0.5) is 0 Å². The van der Waals surface area contributed by atoms with Gasteiger partial charge in [0.25, 0.3) is 0 Å². The number of phenolic OH excluding ortho intramolecular Hbond substituents is 2. The Bertz CT molecular complexity index is 714. The van der Waals surface area contributed by atoms with Gasteiger partial charge in [-0.15, -0.1) is 0 Å². The van der Waals surface area contributed by atoms with E-state index < -0.39 is 17.8 Å². The molecule has 0 aliphatic rings. The van der Waals surface area contributed by atoms with E-state index in [1.165, 1.54) is 30.4 Å². The fourth-order valence-corrected chi connectivity index (χ4v) is 1.56. The van der Waals surface area contributed by atoms with Crippen molar-refractivity contribution in [1.82, 2.24) is 0 Å². The molecule has 1 aromatic heterocycles. The number of hydrogen-bond acceptors (Lipinski definition) is 6. The number of aliphatic hydroxyl groups excluding tert-OH is 1. The van der Waals surface area contributed by atoms with Crippen molar-refractivity contribution in [2.75, 3.05) is 0 Å². The summed E-state index contributed by atoms with van der Waals surface area (Å²) in [6.07, 6.45) is 2.79. The molecule has 0 saturated heterocycles. The molecule has 0 bridgehead atoms. The Hall–Kier alpha value is -2.73. The molecule has 2 rings (SSSR count). The summed E-state index contributed by atoms with van der Waals surface area (Å²) in [7, 11) is 0. The largest absolute Gasteiger partial charge is 0.504 e. The fraction of sp³-hybridized carbons (Fsp3) is 0.0714. The first-order chi connectivity index (χ1) is 9.51. The van der Waals surface area contributed by atoms with Gasteiger partial charge < -0.3 is 24.8 Å². The van der Waals surface area contributed by atoms with Crippen LogP contribution in [-0.4, -0.2) is 20.4 Å². The van der Waals surface area contributed by atoms with Gasteiger partial charge in [0.2, 0.25) is 11.2 Å². The first-order valence-corrected chi connectivity index (χ1v) is 5.68. The highest BCUT2D eigenvalue weighted by Gasteiger charge is 2.08. The van der Waals surface area contributed by atoms with Crippen LogP contribution in [0.1, 0.15) is 17.1 Å². The number of benzene rings is 1. The summed E-state index contributed by atoms with van der Waals surface area (Å²) >= 11 is 0. The van der Waals surface area contributed by atoms with Crippen molar-refractivity contribution in [3.8, 4) is 17.2 Å². The van der Waals surface area contributed by atoms with Gasteiger partial charge >= 0.3 is 0 Å². The Morgan fingerprint density at radius 1 is 1.05 bits per heavy atom. The van der Waals surface area contributed by atoms with Crippen LogP contribution in [0, 0.1) is 0 Å². The maximum atomic E-state index is 11.4. The average molecular weight is 276 g/mol. The maximum Gasteiger partial charge on any atom is 0.227 e. The molecule has 0 aliphatic heterocycles. The van der Waals surface area contributed by atoms with E-state index in [0.29, 0.717) is 5.56 Å². The van der Waals surface area contributed by atoms with Crippen LogP contribution in [0.25, 0.3) is 12.2 Å². The summed E-state index contributed by atoms with van der Waals surface area (Å²) in [5.74, 6) is -1.18. The standard InChI is InChI=1S/C14H12O6/c15-7-9-6-12(18)14(19)13(20-9)4-2-8-1-3-10(16)11(17)5-8/h1-6,15-17,19H,7H2. The monoisotopic (exact) mass is 276 g/mol. The van der Waals surface area contributed by atoms with Crippen LogP contribution in [0.3, 0.4) is 0 Å². The van der Waals surface area contributed by atoms with Gasteiger partial charge in [-0.25, -0.2) is 0 Å². The number of hydrogen-bond donors (Lipinski definition) is 4. The van der Waals surface area contributed by atoms with Crippen LogP contribution in [-0.2, 0) is 6.61 Å². The summed E-state index contributed by atoms with van der Waals surface area (Å²) in [6.45, 7) is -0.462. The second-order valence-corrected chi connectivity index (χ2v) is 4.03. The summed E-state index contributed by atoms with van der Waals surface area (Å²) < 4.78 is 5.12. The topological polar surface area (TPSA) is 111 Å². The molecule has 1 aromatic carbocycles. The van der Waals surface area contributed by atoms with E-state index >= 15 is 0 Å². The van der Waals surface area contributed by atoms with Gasteiger partial charge in [0.1, 0.15) is 12.4 Å². The SMILES string of the molecule is O=c1cc(CO)oc(C=Cc2ccc(O)c(O)c2)c1O. The normalized spacial score (nSPS) is 11.1. The summed E-state index contributed by atoms with van der Waals surface area (Å²) in [6, 6.07) is 5.13. The van der Waals surface area contributed by atoms with Crippen molar-refractivity contribution in [3.05, 3.63) is 51.6 Å². The molecule has 0 radical (unpaired) electrons. The number of rotatable bonds is 3. The maximum absolute atomic E-state index is 11.4. The van der Waals surface area contributed by atoms with Crippen LogP contribution < -0.4 is 5.43 Å². The van der Waals surface area contributed by atoms with Gasteiger partial charge in [-0.05, 0) is 23.8 Å². The van der Waals surface area contributed by atoms with Crippen LogP contribution in [0.2, 0.25) is 0 Å². The molecule has 4 N–H and O–H groups in total. The van der Waals surface area contributed by atoms with Crippen molar-refractivity contribution in [2.45, 2.75) is 6.61 Å². The summed E-state index contributed by atoms with van der Waals surface area (Å²) in [5.41, 5.74) is -0.134. The van der Waals surface area contributed by atoms with Crippen molar-refractivity contribution < 1.29 is 24.8 Å². The zero-order valence-electron chi connectivity index (χ0n) is 10.3. The van der Waals surface area contributed by atoms with E-state index in [-0.39, 0.29) is 23.0 Å². The zero-order valence-corrected chi connectivity index (χ0v) is 10.3. The molecule has 6 nitrogen and oxygen atoms in total. The Morgan fingerprint density at radius 3 is 2.45 bits per heavy atom. The van der Waals surface area contributed by atoms with Gasteiger partial charge in [-0.1, -0.05) is 12.1 Å². The van der Waals surface area contributed by atoms with Gasteiger partial charge in [-0.3, -0.25) is 4.79 Å². The third-order valence-corrected chi connectivity index (χ3v) is 2.58. The second-order valence-electron chi connectivity index (χ2n) is 4.03. The molecule has 0 saturated carbocycles. The lowest BCUT2D eigenvalue weighted by atomic mass is 10.1. The highest BCUT2D eigenvalue weighted by Crippen LogP contribution is 2.26. The number of aliphatic hydroxyl groups is 1. The van der Waals surface area contributed by atoms with Gasteiger partial charge in [0, 0.05) is 6.07 Å². The highest BCUT2D eigenvalue weighted by molar-refractivity contribution is 5.70. The van der Waals surface area contributed by atoms with Gasteiger partial charge in [-0.2, -0.15) is 0 Å². The van der Waals surface area contributed by atoms with Crippen molar-refractivity contribution in [2.24, 2.45) is 0 Å². The minimum atomic E-state index is -0.659. The lowest BCUT2D eigenvalue weighted by molar-refractivity contribution is 0.240. The predicted molar refractivity (Wildman–Crippen MR) is 71.3 cm³/mol. The molecule has 6 heteroatoms. The lowest BCUT2D eigenvalue weighted by Crippen LogP contribution is -2.02. The van der Waals surface area contributed by atoms with E-state index in [1.807, 2.05) is 0 Å². The molecule has 0 atom stereocenters. The molecule has 104 valence electrons. The third-order valence-electron chi connectivity index (χ3n) is 2.58. The molecule has 0 spiro atoms. The van der Waals surface area contributed by atoms with E-state index in [0.717, 1.165) is 6.07 Å². The molecule has 2 aromatic rings. The molecule has 20 heavy (non-hydrogen) atoms. The van der Waals surface area contributed by atoms with Gasteiger partial charge in [0.15, 0.2) is 17.3 Å². The average Bonchev–Trinajstić information content (AvgIpc) is 2.44. The predicted octanol–water partition coefficient (Wildman–Crippen LogP) is 1.42. The van der Waals surface area contributed by atoms with E-state index in [4.69, 9.17) is 9.52 Å². The Labute approximate surface area is 113 Å². The quantitative estimate of drug-likeness (QED) is 0.631. The third kappa shape index (κ3) is 2.81. The van der Waals surface area contributed by atoms with Crippen molar-refractivity contribution in [1.29, 1.82) is 0 Å².